The Morgan fingerprint density at radius 3 is 2.69 bits per heavy atom. The van der Waals surface area contributed by atoms with Crippen LogP contribution < -0.4 is 19.7 Å². The van der Waals surface area contributed by atoms with Crippen LogP contribution in [0.5, 0.6) is 11.5 Å². The molecule has 0 saturated carbocycles. The van der Waals surface area contributed by atoms with E-state index >= 15 is 0 Å². The van der Waals surface area contributed by atoms with E-state index in [2.05, 4.69) is 10.2 Å². The first-order valence-corrected chi connectivity index (χ1v) is 12.2. The Bertz CT molecular complexity index is 1140. The molecule has 0 spiro atoms. The van der Waals surface area contributed by atoms with Crippen LogP contribution in [-0.4, -0.2) is 42.9 Å². The molecular weight excluding hydrogens is 473 g/mol. The molecule has 2 aromatic rings. The first kappa shape index (κ1) is 25.9. The van der Waals surface area contributed by atoms with E-state index in [0.29, 0.717) is 68.0 Å². The number of para-hydroxylation sites is 1. The molecule has 0 saturated heterocycles. The minimum Gasteiger partial charge on any atom is -0.487 e. The average Bonchev–Trinajstić information content (AvgIpc) is 2.86. The van der Waals surface area contributed by atoms with Gasteiger partial charge in [0.25, 0.3) is 0 Å². The third-order valence-electron chi connectivity index (χ3n) is 6.87. The molecule has 0 radical (unpaired) electrons. The Balaban J connectivity index is 1.65. The van der Waals surface area contributed by atoms with E-state index in [1.807, 2.05) is 26.0 Å². The van der Waals surface area contributed by atoms with Gasteiger partial charge in [-0.05, 0) is 49.1 Å². The number of nitrogens with one attached hydrogen (secondary N) is 1. The molecule has 36 heavy (non-hydrogen) atoms. The number of hydrogen-bond acceptors (Lipinski definition) is 5. The quantitative estimate of drug-likeness (QED) is 0.477. The SMILES string of the molecule is CCC1(CC)C/C(=C\C(=O)Nc2cccc3c2OCCN3CCCO)c2ccc(C(F)(F)F)cc2O1. The van der Waals surface area contributed by atoms with Crippen molar-refractivity contribution in [3.63, 3.8) is 0 Å². The number of aliphatic hydroxyl groups is 1. The van der Waals surface area contributed by atoms with Crippen LogP contribution in [0.3, 0.4) is 0 Å². The van der Waals surface area contributed by atoms with Crippen molar-refractivity contribution in [2.45, 2.75) is 51.3 Å². The van der Waals surface area contributed by atoms with E-state index in [4.69, 9.17) is 9.47 Å². The largest absolute Gasteiger partial charge is 0.487 e. The zero-order chi connectivity index (χ0) is 25.9. The first-order valence-electron chi connectivity index (χ1n) is 12.2. The number of nitrogens with zero attached hydrogens (tertiary/aromatic N) is 1. The van der Waals surface area contributed by atoms with E-state index in [1.165, 1.54) is 12.1 Å². The average molecular weight is 505 g/mol. The van der Waals surface area contributed by atoms with E-state index < -0.39 is 23.2 Å². The number of hydrogen-bond donors (Lipinski definition) is 2. The van der Waals surface area contributed by atoms with Crippen LogP contribution in [0.25, 0.3) is 5.57 Å². The molecular formula is C27H31F3N2O4. The molecule has 9 heteroatoms. The summed E-state index contributed by atoms with van der Waals surface area (Å²) < 4.78 is 52.0. The zero-order valence-electron chi connectivity index (χ0n) is 20.5. The van der Waals surface area contributed by atoms with Gasteiger partial charge < -0.3 is 24.8 Å². The summed E-state index contributed by atoms with van der Waals surface area (Å²) in [6.45, 7) is 5.74. The number of aliphatic hydroxyl groups excluding tert-OH is 1. The van der Waals surface area contributed by atoms with Crippen molar-refractivity contribution in [3.05, 3.63) is 53.6 Å². The number of fused-ring (bicyclic) bond motifs is 2. The molecule has 194 valence electrons. The first-order chi connectivity index (χ1) is 17.2. The van der Waals surface area contributed by atoms with Crippen LogP contribution in [-0.2, 0) is 11.0 Å². The summed E-state index contributed by atoms with van der Waals surface area (Å²) in [7, 11) is 0. The lowest BCUT2D eigenvalue weighted by Gasteiger charge is -2.39. The molecule has 2 aromatic carbocycles. The predicted molar refractivity (Wildman–Crippen MR) is 132 cm³/mol. The van der Waals surface area contributed by atoms with Crippen molar-refractivity contribution in [3.8, 4) is 11.5 Å². The number of alkyl halides is 3. The number of carbonyl (C=O) groups is 1. The number of benzene rings is 2. The number of ether oxygens (including phenoxy) is 2. The highest BCUT2D eigenvalue weighted by molar-refractivity contribution is 6.06. The molecule has 2 aliphatic heterocycles. The number of rotatable bonds is 7. The maximum atomic E-state index is 13.3. The molecule has 0 fully saturated rings. The fraction of sp³-hybridized carbons (Fsp3) is 0.444. The summed E-state index contributed by atoms with van der Waals surface area (Å²) in [5, 5.41) is 12.1. The van der Waals surface area contributed by atoms with Crippen molar-refractivity contribution in [1.82, 2.24) is 0 Å². The highest BCUT2D eigenvalue weighted by Crippen LogP contribution is 2.46. The number of halogens is 3. The Morgan fingerprint density at radius 2 is 2.00 bits per heavy atom. The lowest BCUT2D eigenvalue weighted by molar-refractivity contribution is -0.137. The summed E-state index contributed by atoms with van der Waals surface area (Å²) in [5.41, 5.74) is 0.990. The molecule has 6 nitrogen and oxygen atoms in total. The molecule has 2 heterocycles. The van der Waals surface area contributed by atoms with E-state index in [0.717, 1.165) is 17.8 Å². The molecule has 1 amide bonds. The Morgan fingerprint density at radius 1 is 1.22 bits per heavy atom. The van der Waals surface area contributed by atoms with Gasteiger partial charge in [0.2, 0.25) is 5.91 Å². The predicted octanol–water partition coefficient (Wildman–Crippen LogP) is 5.65. The maximum absolute atomic E-state index is 13.3. The fourth-order valence-electron chi connectivity index (χ4n) is 4.76. The van der Waals surface area contributed by atoms with Crippen LogP contribution in [0.1, 0.15) is 50.7 Å². The molecule has 0 atom stereocenters. The minimum absolute atomic E-state index is 0.0867. The topological polar surface area (TPSA) is 71.0 Å². The second-order valence-corrected chi connectivity index (χ2v) is 9.10. The van der Waals surface area contributed by atoms with Gasteiger partial charge in [0.15, 0.2) is 5.75 Å². The highest BCUT2D eigenvalue weighted by atomic mass is 19.4. The Hall–Kier alpha value is -3.20. The van der Waals surface area contributed by atoms with Crippen LogP contribution in [0.2, 0.25) is 0 Å². The Kier molecular flexibility index (Phi) is 7.49. The number of anilines is 2. The lowest BCUT2D eigenvalue weighted by Crippen LogP contribution is -2.38. The fourth-order valence-corrected chi connectivity index (χ4v) is 4.76. The van der Waals surface area contributed by atoms with Crippen LogP contribution in [0.15, 0.2) is 42.5 Å². The maximum Gasteiger partial charge on any atom is 0.416 e. The van der Waals surface area contributed by atoms with Crippen molar-refractivity contribution in [2.75, 3.05) is 36.5 Å². The van der Waals surface area contributed by atoms with Gasteiger partial charge in [0.05, 0.1) is 23.5 Å². The summed E-state index contributed by atoms with van der Waals surface area (Å²) in [6.07, 6.45) is -0.847. The van der Waals surface area contributed by atoms with Crippen molar-refractivity contribution >= 4 is 22.9 Å². The van der Waals surface area contributed by atoms with Gasteiger partial charge in [-0.1, -0.05) is 26.0 Å². The van der Waals surface area contributed by atoms with Gasteiger partial charge in [0, 0.05) is 31.2 Å². The number of amides is 1. The van der Waals surface area contributed by atoms with Gasteiger partial charge >= 0.3 is 6.18 Å². The van der Waals surface area contributed by atoms with Crippen molar-refractivity contribution < 1.29 is 32.5 Å². The second kappa shape index (κ2) is 10.4. The lowest BCUT2D eigenvalue weighted by atomic mass is 9.83. The molecule has 4 rings (SSSR count). The third kappa shape index (κ3) is 5.31. The summed E-state index contributed by atoms with van der Waals surface area (Å²) in [5.74, 6) is 0.300. The monoisotopic (exact) mass is 504 g/mol. The summed E-state index contributed by atoms with van der Waals surface area (Å²) >= 11 is 0. The number of carbonyl (C=O) groups excluding carboxylic acids is 1. The minimum atomic E-state index is -4.49. The van der Waals surface area contributed by atoms with Crippen molar-refractivity contribution in [1.29, 1.82) is 0 Å². The van der Waals surface area contributed by atoms with Gasteiger partial charge in [-0.3, -0.25) is 4.79 Å². The summed E-state index contributed by atoms with van der Waals surface area (Å²) in [4.78, 5) is 15.2. The molecule has 0 aromatic heterocycles. The van der Waals surface area contributed by atoms with Gasteiger partial charge in [0.1, 0.15) is 18.0 Å². The summed E-state index contributed by atoms with van der Waals surface area (Å²) in [6, 6.07) is 8.89. The zero-order valence-corrected chi connectivity index (χ0v) is 20.5. The standard InChI is InChI=1S/C27H31F3N2O4/c1-3-26(4-2)17-18(20-10-9-19(27(28,29)30)16-23(20)36-26)15-24(34)31-21-7-5-8-22-25(21)35-14-12-32(22)11-6-13-33/h5,7-10,15-16,33H,3-4,6,11-14,17H2,1-2H3,(H,31,34)/b18-15+. The van der Waals surface area contributed by atoms with E-state index in [9.17, 15) is 23.1 Å². The molecule has 0 aliphatic carbocycles. The normalized spacial score (nSPS) is 17.6. The van der Waals surface area contributed by atoms with E-state index in [1.54, 1.807) is 6.07 Å². The van der Waals surface area contributed by atoms with Gasteiger partial charge in [-0.2, -0.15) is 13.2 Å². The third-order valence-corrected chi connectivity index (χ3v) is 6.87. The smallest absolute Gasteiger partial charge is 0.416 e. The van der Waals surface area contributed by atoms with Crippen molar-refractivity contribution in [2.24, 2.45) is 0 Å². The van der Waals surface area contributed by atoms with Gasteiger partial charge in [-0.15, -0.1) is 0 Å². The highest BCUT2D eigenvalue weighted by Gasteiger charge is 2.38. The molecule has 0 bridgehead atoms. The second-order valence-electron chi connectivity index (χ2n) is 9.10. The van der Waals surface area contributed by atoms with Gasteiger partial charge in [-0.25, -0.2) is 0 Å². The Labute approximate surface area is 208 Å². The molecule has 2 N–H and O–H groups in total. The molecule has 0 unspecified atom stereocenters. The molecule has 2 aliphatic rings. The van der Waals surface area contributed by atoms with Crippen LogP contribution in [0.4, 0.5) is 24.5 Å². The van der Waals surface area contributed by atoms with Crippen LogP contribution >= 0.6 is 0 Å². The van der Waals surface area contributed by atoms with E-state index in [-0.39, 0.29) is 12.4 Å². The van der Waals surface area contributed by atoms with Crippen LogP contribution in [0, 0.1) is 0 Å².